The summed E-state index contributed by atoms with van der Waals surface area (Å²) in [7, 11) is 2.07. The molecule has 4 heteroatoms. The molecule has 19 heavy (non-hydrogen) atoms. The van der Waals surface area contributed by atoms with E-state index in [0.717, 1.165) is 18.5 Å². The Kier molecular flexibility index (Phi) is 3.03. The summed E-state index contributed by atoms with van der Waals surface area (Å²) in [6.45, 7) is 0.834. The number of H-pyrrole nitrogens is 1. The van der Waals surface area contributed by atoms with E-state index in [1.54, 1.807) is 0 Å². The number of carbonyl (C=O) groups is 1. The minimum absolute atomic E-state index is 0.186. The number of piperidine rings is 1. The minimum Gasteiger partial charge on any atom is -0.481 e. The highest BCUT2D eigenvalue weighted by Crippen LogP contribution is 2.36. The molecule has 2 N–H and O–H groups in total. The molecule has 0 bridgehead atoms. The Bertz CT molecular complexity index is 605. The van der Waals surface area contributed by atoms with Crippen LogP contribution in [0.15, 0.2) is 30.5 Å². The van der Waals surface area contributed by atoms with Crippen LogP contribution >= 0.6 is 0 Å². The van der Waals surface area contributed by atoms with E-state index in [1.165, 1.54) is 10.9 Å². The molecule has 0 radical (unpaired) electrons. The number of aromatic nitrogens is 1. The van der Waals surface area contributed by atoms with Crippen LogP contribution in [0.25, 0.3) is 10.9 Å². The zero-order chi connectivity index (χ0) is 13.4. The van der Waals surface area contributed by atoms with Gasteiger partial charge in [0.05, 0.1) is 5.92 Å². The number of fused-ring (bicyclic) bond motifs is 1. The third-order valence-corrected chi connectivity index (χ3v) is 4.20. The Morgan fingerprint density at radius 2 is 2.21 bits per heavy atom. The van der Waals surface area contributed by atoms with Crippen LogP contribution in [0.2, 0.25) is 0 Å². The van der Waals surface area contributed by atoms with Gasteiger partial charge in [0, 0.05) is 23.1 Å². The number of aliphatic carboxylic acids is 1. The average molecular weight is 258 g/mol. The number of likely N-dealkylation sites (tertiary alicyclic amines) is 1. The predicted molar refractivity (Wildman–Crippen MR) is 74.0 cm³/mol. The van der Waals surface area contributed by atoms with Crippen LogP contribution in [0.1, 0.15) is 24.4 Å². The van der Waals surface area contributed by atoms with Gasteiger partial charge in [-0.15, -0.1) is 0 Å². The Hall–Kier alpha value is -1.81. The lowest BCUT2D eigenvalue weighted by Crippen LogP contribution is -2.36. The first-order valence-electron chi connectivity index (χ1n) is 6.66. The standard InChI is InChI=1S/C15H18N2O2/c1-17-7-6-10(15(18)19)8-14(17)12-9-16-13-5-3-2-4-11(12)13/h2-5,9-10,14,16H,6-8H2,1H3,(H,18,19)/t10-,14-/m1/s1. The molecule has 100 valence electrons. The fourth-order valence-electron chi connectivity index (χ4n) is 3.04. The van der Waals surface area contributed by atoms with Crippen molar-refractivity contribution in [1.29, 1.82) is 0 Å². The van der Waals surface area contributed by atoms with E-state index in [-0.39, 0.29) is 12.0 Å². The molecule has 1 aromatic carbocycles. The van der Waals surface area contributed by atoms with Crippen LogP contribution in [-0.4, -0.2) is 34.6 Å². The molecular formula is C15H18N2O2. The van der Waals surface area contributed by atoms with Gasteiger partial charge in [-0.2, -0.15) is 0 Å². The molecule has 2 atom stereocenters. The first-order chi connectivity index (χ1) is 9.16. The zero-order valence-corrected chi connectivity index (χ0v) is 11.0. The van der Waals surface area contributed by atoms with Crippen molar-refractivity contribution < 1.29 is 9.90 Å². The number of nitrogens with zero attached hydrogens (tertiary/aromatic N) is 1. The number of rotatable bonds is 2. The van der Waals surface area contributed by atoms with Crippen LogP contribution < -0.4 is 0 Å². The molecule has 0 aliphatic carbocycles. The number of carboxylic acids is 1. The largest absolute Gasteiger partial charge is 0.481 e. The van der Waals surface area contributed by atoms with E-state index in [1.807, 2.05) is 18.3 Å². The fraction of sp³-hybridized carbons (Fsp3) is 0.400. The van der Waals surface area contributed by atoms with Crippen LogP contribution in [0, 0.1) is 5.92 Å². The van der Waals surface area contributed by atoms with Gasteiger partial charge in [-0.25, -0.2) is 0 Å². The normalized spacial score (nSPS) is 24.7. The summed E-state index contributed by atoms with van der Waals surface area (Å²) >= 11 is 0. The molecule has 0 spiro atoms. The zero-order valence-electron chi connectivity index (χ0n) is 11.0. The molecule has 1 saturated heterocycles. The van der Waals surface area contributed by atoms with Crippen LogP contribution in [0.3, 0.4) is 0 Å². The smallest absolute Gasteiger partial charge is 0.306 e. The number of benzene rings is 1. The second-order valence-electron chi connectivity index (χ2n) is 5.35. The molecule has 3 rings (SSSR count). The molecule has 1 aliphatic rings. The lowest BCUT2D eigenvalue weighted by atomic mass is 9.87. The van der Waals surface area contributed by atoms with E-state index >= 15 is 0 Å². The van der Waals surface area contributed by atoms with E-state index < -0.39 is 5.97 Å². The summed E-state index contributed by atoms with van der Waals surface area (Å²) in [4.78, 5) is 16.7. The van der Waals surface area contributed by atoms with E-state index in [4.69, 9.17) is 0 Å². The van der Waals surface area contributed by atoms with Crippen LogP contribution in [0.4, 0.5) is 0 Å². The summed E-state index contributed by atoms with van der Waals surface area (Å²) in [5.74, 6) is -0.896. The minimum atomic E-state index is -0.669. The van der Waals surface area contributed by atoms with Gasteiger partial charge < -0.3 is 10.1 Å². The molecule has 2 aromatic rings. The van der Waals surface area contributed by atoms with Crippen molar-refractivity contribution in [2.24, 2.45) is 5.92 Å². The lowest BCUT2D eigenvalue weighted by Gasteiger charge is -2.35. The maximum absolute atomic E-state index is 11.2. The monoisotopic (exact) mass is 258 g/mol. The maximum atomic E-state index is 11.2. The van der Waals surface area contributed by atoms with Crippen molar-refractivity contribution in [3.63, 3.8) is 0 Å². The van der Waals surface area contributed by atoms with Gasteiger partial charge in [-0.1, -0.05) is 18.2 Å². The van der Waals surface area contributed by atoms with Gasteiger partial charge in [-0.3, -0.25) is 9.69 Å². The van der Waals surface area contributed by atoms with Gasteiger partial charge >= 0.3 is 5.97 Å². The SMILES string of the molecule is CN1CC[C@@H](C(=O)O)C[C@@H]1c1c[nH]c2ccccc12. The Balaban J connectivity index is 1.97. The number of hydrogen-bond donors (Lipinski definition) is 2. The number of hydrogen-bond acceptors (Lipinski definition) is 2. The lowest BCUT2D eigenvalue weighted by molar-refractivity contribution is -0.144. The van der Waals surface area contributed by atoms with Crippen LogP contribution in [0.5, 0.6) is 0 Å². The highest BCUT2D eigenvalue weighted by Gasteiger charge is 2.32. The maximum Gasteiger partial charge on any atom is 0.306 e. The van der Waals surface area contributed by atoms with Crippen LogP contribution in [-0.2, 0) is 4.79 Å². The molecule has 4 nitrogen and oxygen atoms in total. The number of nitrogens with one attached hydrogen (secondary N) is 1. The van der Waals surface area contributed by atoms with Crippen molar-refractivity contribution in [2.45, 2.75) is 18.9 Å². The molecule has 1 aromatic heterocycles. The topological polar surface area (TPSA) is 56.3 Å². The van der Waals surface area contributed by atoms with Gasteiger partial charge in [0.1, 0.15) is 0 Å². The first-order valence-corrected chi connectivity index (χ1v) is 6.66. The third-order valence-electron chi connectivity index (χ3n) is 4.20. The van der Waals surface area contributed by atoms with Gasteiger partial charge in [0.2, 0.25) is 0 Å². The van der Waals surface area contributed by atoms with Crippen molar-refractivity contribution >= 4 is 16.9 Å². The quantitative estimate of drug-likeness (QED) is 0.870. The number of aromatic amines is 1. The number of para-hydroxylation sites is 1. The molecule has 1 aliphatic heterocycles. The average Bonchev–Trinajstić information content (AvgIpc) is 2.83. The predicted octanol–water partition coefficient (Wildman–Crippen LogP) is 2.64. The van der Waals surface area contributed by atoms with E-state index in [0.29, 0.717) is 6.42 Å². The van der Waals surface area contributed by atoms with Crippen molar-refractivity contribution in [2.75, 3.05) is 13.6 Å². The van der Waals surface area contributed by atoms with Crippen molar-refractivity contribution in [3.05, 3.63) is 36.0 Å². The van der Waals surface area contributed by atoms with Gasteiger partial charge in [0.15, 0.2) is 0 Å². The van der Waals surface area contributed by atoms with E-state index in [9.17, 15) is 9.90 Å². The van der Waals surface area contributed by atoms with Crippen molar-refractivity contribution in [3.8, 4) is 0 Å². The molecule has 0 amide bonds. The summed E-state index contributed by atoms with van der Waals surface area (Å²) in [5.41, 5.74) is 2.33. The highest BCUT2D eigenvalue weighted by molar-refractivity contribution is 5.83. The highest BCUT2D eigenvalue weighted by atomic mass is 16.4. The molecule has 0 saturated carbocycles. The number of carboxylic acid groups (broad SMARTS) is 1. The van der Waals surface area contributed by atoms with E-state index in [2.05, 4.69) is 29.1 Å². The fourth-order valence-corrected chi connectivity index (χ4v) is 3.04. The Morgan fingerprint density at radius 3 is 3.00 bits per heavy atom. The third kappa shape index (κ3) is 2.12. The van der Waals surface area contributed by atoms with Crippen molar-refractivity contribution in [1.82, 2.24) is 9.88 Å². The Morgan fingerprint density at radius 1 is 1.42 bits per heavy atom. The summed E-state index contributed by atoms with van der Waals surface area (Å²) in [5, 5.41) is 10.4. The Labute approximate surface area is 112 Å². The molecule has 0 unspecified atom stereocenters. The molecule has 1 fully saturated rings. The molecule has 2 heterocycles. The summed E-state index contributed by atoms with van der Waals surface area (Å²) in [6, 6.07) is 8.37. The first kappa shape index (κ1) is 12.2. The van der Waals surface area contributed by atoms with Gasteiger partial charge in [-0.05, 0) is 38.1 Å². The molecular weight excluding hydrogens is 240 g/mol. The van der Waals surface area contributed by atoms with Gasteiger partial charge in [0.25, 0.3) is 0 Å². The second-order valence-corrected chi connectivity index (χ2v) is 5.35. The summed E-state index contributed by atoms with van der Waals surface area (Å²) in [6.07, 6.45) is 3.45. The second kappa shape index (κ2) is 4.70. The summed E-state index contributed by atoms with van der Waals surface area (Å²) < 4.78 is 0.